The Morgan fingerprint density at radius 3 is 2.50 bits per heavy atom. The normalized spacial score (nSPS) is 35.7. The SMILES string of the molecule is O=C(N/N=C\c1cccnc1)NC12CC3CC(CC(C3)C1)C2. The molecule has 1 heterocycles. The number of hydrogen-bond donors (Lipinski definition) is 2. The van der Waals surface area contributed by atoms with Crippen LogP contribution in [0.5, 0.6) is 0 Å². The zero-order valence-electron chi connectivity index (χ0n) is 12.7. The summed E-state index contributed by atoms with van der Waals surface area (Å²) in [6.45, 7) is 0. The topological polar surface area (TPSA) is 66.4 Å². The van der Waals surface area contributed by atoms with Gasteiger partial charge in [0.25, 0.3) is 0 Å². The van der Waals surface area contributed by atoms with Gasteiger partial charge < -0.3 is 5.32 Å². The minimum absolute atomic E-state index is 0.0304. The third kappa shape index (κ3) is 2.72. The van der Waals surface area contributed by atoms with Gasteiger partial charge in [0.2, 0.25) is 0 Å². The second kappa shape index (κ2) is 5.38. The molecule has 4 saturated carbocycles. The first-order valence-corrected chi connectivity index (χ1v) is 8.22. The van der Waals surface area contributed by atoms with Crippen LogP contribution in [0.25, 0.3) is 0 Å². The molecule has 0 aliphatic heterocycles. The van der Waals surface area contributed by atoms with Gasteiger partial charge >= 0.3 is 6.03 Å². The molecule has 5 nitrogen and oxygen atoms in total. The van der Waals surface area contributed by atoms with Crippen LogP contribution in [0.4, 0.5) is 4.79 Å². The van der Waals surface area contributed by atoms with Gasteiger partial charge in [0, 0.05) is 23.5 Å². The highest BCUT2D eigenvalue weighted by molar-refractivity contribution is 5.81. The van der Waals surface area contributed by atoms with Crippen molar-refractivity contribution in [3.05, 3.63) is 30.1 Å². The smallest absolute Gasteiger partial charge is 0.331 e. The Morgan fingerprint density at radius 1 is 1.23 bits per heavy atom. The highest BCUT2D eigenvalue weighted by Crippen LogP contribution is 2.55. The first-order valence-electron chi connectivity index (χ1n) is 8.22. The molecule has 0 atom stereocenters. The van der Waals surface area contributed by atoms with Crippen molar-refractivity contribution in [3.63, 3.8) is 0 Å². The minimum Gasteiger partial charge on any atom is -0.331 e. The number of urea groups is 1. The molecule has 5 heteroatoms. The summed E-state index contributed by atoms with van der Waals surface area (Å²) >= 11 is 0. The average molecular weight is 298 g/mol. The largest absolute Gasteiger partial charge is 0.335 e. The van der Waals surface area contributed by atoms with Gasteiger partial charge in [0.05, 0.1) is 6.21 Å². The van der Waals surface area contributed by atoms with Gasteiger partial charge in [-0.05, 0) is 62.3 Å². The summed E-state index contributed by atoms with van der Waals surface area (Å²) < 4.78 is 0. The third-order valence-electron chi connectivity index (χ3n) is 5.48. The zero-order chi connectivity index (χ0) is 15.0. The molecule has 0 aromatic carbocycles. The van der Waals surface area contributed by atoms with E-state index in [9.17, 15) is 4.79 Å². The highest BCUT2D eigenvalue weighted by Gasteiger charge is 2.51. The minimum atomic E-state index is -0.179. The Kier molecular flexibility index (Phi) is 3.36. The monoisotopic (exact) mass is 298 g/mol. The summed E-state index contributed by atoms with van der Waals surface area (Å²) in [6.07, 6.45) is 12.6. The van der Waals surface area contributed by atoms with E-state index in [2.05, 4.69) is 20.8 Å². The van der Waals surface area contributed by atoms with Crippen LogP contribution in [0.1, 0.15) is 44.1 Å². The Balaban J connectivity index is 1.35. The average Bonchev–Trinajstić information content (AvgIpc) is 2.46. The Hall–Kier alpha value is -1.91. The Labute approximate surface area is 130 Å². The fourth-order valence-corrected chi connectivity index (χ4v) is 5.15. The van der Waals surface area contributed by atoms with E-state index in [1.54, 1.807) is 18.6 Å². The molecule has 0 saturated heterocycles. The van der Waals surface area contributed by atoms with E-state index in [4.69, 9.17) is 0 Å². The van der Waals surface area contributed by atoms with Gasteiger partial charge in [0.1, 0.15) is 0 Å². The first-order chi connectivity index (χ1) is 10.7. The Bertz CT molecular complexity index is 548. The lowest BCUT2D eigenvalue weighted by Crippen LogP contribution is -2.61. The van der Waals surface area contributed by atoms with Crippen molar-refractivity contribution in [1.29, 1.82) is 0 Å². The first kappa shape index (κ1) is 13.7. The quantitative estimate of drug-likeness (QED) is 0.665. The maximum atomic E-state index is 12.2. The van der Waals surface area contributed by atoms with Crippen LogP contribution in [0, 0.1) is 17.8 Å². The van der Waals surface area contributed by atoms with Gasteiger partial charge in [-0.25, -0.2) is 10.2 Å². The number of carbonyl (C=O) groups is 1. The van der Waals surface area contributed by atoms with Crippen LogP contribution in [0.2, 0.25) is 0 Å². The molecule has 4 bridgehead atoms. The molecule has 1 aromatic rings. The van der Waals surface area contributed by atoms with Crippen molar-refractivity contribution in [2.45, 2.75) is 44.1 Å². The maximum absolute atomic E-state index is 12.2. The van der Waals surface area contributed by atoms with Crippen molar-refractivity contribution < 1.29 is 4.79 Å². The van der Waals surface area contributed by atoms with E-state index in [0.29, 0.717) is 0 Å². The lowest BCUT2D eigenvalue weighted by molar-refractivity contribution is -0.0135. The maximum Gasteiger partial charge on any atom is 0.335 e. The number of pyridine rings is 1. The van der Waals surface area contributed by atoms with Gasteiger partial charge in [0.15, 0.2) is 0 Å². The molecule has 4 aliphatic carbocycles. The fraction of sp³-hybridized carbons (Fsp3) is 0.588. The lowest BCUT2D eigenvalue weighted by atomic mass is 9.53. The summed E-state index contributed by atoms with van der Waals surface area (Å²) in [5.41, 5.74) is 3.50. The van der Waals surface area contributed by atoms with Crippen molar-refractivity contribution in [3.8, 4) is 0 Å². The molecule has 2 N–H and O–H groups in total. The van der Waals surface area contributed by atoms with Gasteiger partial charge in [-0.2, -0.15) is 5.10 Å². The number of nitrogens with zero attached hydrogens (tertiary/aromatic N) is 2. The summed E-state index contributed by atoms with van der Waals surface area (Å²) in [7, 11) is 0. The number of hydrogen-bond acceptors (Lipinski definition) is 3. The molecular formula is C17H22N4O. The predicted octanol–water partition coefficient (Wildman–Crippen LogP) is 2.68. The van der Waals surface area contributed by atoms with Crippen molar-refractivity contribution in [1.82, 2.24) is 15.7 Å². The standard InChI is InChI=1S/C17H22N4O/c22-16(21-19-11-12-2-1-3-18-10-12)20-17-7-13-4-14(8-17)6-15(5-13)9-17/h1-3,10-11,13-15H,4-9H2,(H2,20,21,22)/b19-11-. The van der Waals surface area contributed by atoms with Crippen LogP contribution in [0.3, 0.4) is 0 Å². The van der Waals surface area contributed by atoms with Crippen LogP contribution >= 0.6 is 0 Å². The molecule has 116 valence electrons. The second-order valence-corrected chi connectivity index (χ2v) is 7.31. The molecule has 1 aromatic heterocycles. The molecule has 0 unspecified atom stereocenters. The van der Waals surface area contributed by atoms with Gasteiger partial charge in [-0.1, -0.05) is 6.07 Å². The van der Waals surface area contributed by atoms with Gasteiger partial charge in [-0.15, -0.1) is 0 Å². The van der Waals surface area contributed by atoms with Crippen LogP contribution in [-0.4, -0.2) is 22.8 Å². The van der Waals surface area contributed by atoms with Crippen LogP contribution in [-0.2, 0) is 0 Å². The summed E-state index contributed by atoms with van der Waals surface area (Å²) in [5.74, 6) is 2.47. The molecular weight excluding hydrogens is 276 g/mol. The van der Waals surface area contributed by atoms with Gasteiger partial charge in [-0.3, -0.25) is 4.98 Å². The molecule has 2 amide bonds. The third-order valence-corrected chi connectivity index (χ3v) is 5.48. The zero-order valence-corrected chi connectivity index (χ0v) is 12.7. The number of carbonyl (C=O) groups excluding carboxylic acids is 1. The summed E-state index contributed by atoms with van der Waals surface area (Å²) in [4.78, 5) is 16.2. The molecule has 4 fully saturated rings. The van der Waals surface area contributed by atoms with E-state index >= 15 is 0 Å². The molecule has 22 heavy (non-hydrogen) atoms. The van der Waals surface area contributed by atoms with E-state index in [1.807, 2.05) is 12.1 Å². The predicted molar refractivity (Wildman–Crippen MR) is 84.4 cm³/mol. The molecule has 4 aliphatic rings. The highest BCUT2D eigenvalue weighted by atomic mass is 16.2. The summed E-state index contributed by atoms with van der Waals surface area (Å²) in [6, 6.07) is 3.56. The number of aromatic nitrogens is 1. The second-order valence-electron chi connectivity index (χ2n) is 7.31. The lowest BCUT2D eigenvalue weighted by Gasteiger charge is -2.56. The molecule has 0 spiro atoms. The van der Waals surface area contributed by atoms with Crippen molar-refractivity contribution in [2.75, 3.05) is 0 Å². The van der Waals surface area contributed by atoms with Crippen molar-refractivity contribution in [2.24, 2.45) is 22.9 Å². The molecule has 0 radical (unpaired) electrons. The number of hydrazone groups is 1. The van der Waals surface area contributed by atoms with Crippen molar-refractivity contribution >= 4 is 12.2 Å². The Morgan fingerprint density at radius 2 is 1.91 bits per heavy atom. The van der Waals surface area contributed by atoms with E-state index < -0.39 is 0 Å². The number of nitrogens with one attached hydrogen (secondary N) is 2. The molecule has 5 rings (SSSR count). The van der Waals surface area contributed by atoms with Crippen LogP contribution in [0.15, 0.2) is 29.6 Å². The number of rotatable bonds is 3. The van der Waals surface area contributed by atoms with E-state index in [0.717, 1.165) is 42.6 Å². The summed E-state index contributed by atoms with van der Waals surface area (Å²) in [5, 5.41) is 7.24. The van der Waals surface area contributed by atoms with Crippen LogP contribution < -0.4 is 10.7 Å². The van der Waals surface area contributed by atoms with E-state index in [-0.39, 0.29) is 11.6 Å². The number of amides is 2. The fourth-order valence-electron chi connectivity index (χ4n) is 5.15. The van der Waals surface area contributed by atoms with E-state index in [1.165, 1.54) is 19.3 Å².